The van der Waals surface area contributed by atoms with Crippen molar-refractivity contribution in [2.45, 2.75) is 19.3 Å². The summed E-state index contributed by atoms with van der Waals surface area (Å²) in [5, 5.41) is 3.31. The van der Waals surface area contributed by atoms with Gasteiger partial charge in [-0.2, -0.15) is 0 Å². The lowest BCUT2D eigenvalue weighted by Crippen LogP contribution is -2.34. The van der Waals surface area contributed by atoms with Crippen LogP contribution < -0.4 is 5.32 Å². The van der Waals surface area contributed by atoms with E-state index in [9.17, 15) is 4.79 Å². The van der Waals surface area contributed by atoms with Crippen LogP contribution >= 0.6 is 0 Å². The summed E-state index contributed by atoms with van der Waals surface area (Å²) in [5.41, 5.74) is 0.252. The summed E-state index contributed by atoms with van der Waals surface area (Å²) in [5.74, 6) is 0.312. The second-order valence-corrected chi connectivity index (χ2v) is 3.59. The van der Waals surface area contributed by atoms with Crippen molar-refractivity contribution in [3.05, 3.63) is 12.2 Å². The zero-order valence-electron chi connectivity index (χ0n) is 6.60. The minimum atomic E-state index is 0.252. The highest BCUT2D eigenvalue weighted by Gasteiger charge is 2.34. The Balaban J connectivity index is 2.10. The number of hydrogen-bond donors (Lipinski definition) is 1. The first-order chi connectivity index (χ1) is 5.31. The van der Waals surface area contributed by atoms with E-state index in [2.05, 4.69) is 11.4 Å². The van der Waals surface area contributed by atoms with Gasteiger partial charge in [0.05, 0.1) is 0 Å². The molecule has 0 aromatic heterocycles. The van der Waals surface area contributed by atoms with Gasteiger partial charge in [-0.25, -0.2) is 0 Å². The maximum atomic E-state index is 11.0. The molecule has 0 unspecified atom stereocenters. The normalized spacial score (nSPS) is 28.2. The highest BCUT2D eigenvalue weighted by atomic mass is 16.1. The van der Waals surface area contributed by atoms with E-state index >= 15 is 0 Å². The molecular formula is C9H13NO. The van der Waals surface area contributed by atoms with Crippen molar-refractivity contribution in [2.24, 2.45) is 5.41 Å². The average molecular weight is 151 g/mol. The Morgan fingerprint density at radius 2 is 2.09 bits per heavy atom. The van der Waals surface area contributed by atoms with Crippen molar-refractivity contribution in [1.29, 1.82) is 0 Å². The number of carbonyl (C=O) groups is 1. The number of nitrogens with one attached hydrogen (secondary N) is 1. The van der Waals surface area contributed by atoms with Crippen LogP contribution in [0.25, 0.3) is 0 Å². The van der Waals surface area contributed by atoms with Crippen molar-refractivity contribution >= 4 is 5.78 Å². The lowest BCUT2D eigenvalue weighted by atomic mass is 9.79. The predicted molar refractivity (Wildman–Crippen MR) is 43.3 cm³/mol. The van der Waals surface area contributed by atoms with Crippen molar-refractivity contribution in [3.63, 3.8) is 0 Å². The van der Waals surface area contributed by atoms with Crippen LogP contribution in [-0.2, 0) is 4.79 Å². The molecule has 11 heavy (non-hydrogen) atoms. The van der Waals surface area contributed by atoms with Gasteiger partial charge in [0, 0.05) is 6.42 Å². The highest BCUT2D eigenvalue weighted by Crippen LogP contribution is 2.38. The summed E-state index contributed by atoms with van der Waals surface area (Å²) in [6, 6.07) is 0. The van der Waals surface area contributed by atoms with Crippen molar-refractivity contribution in [3.8, 4) is 0 Å². The second-order valence-electron chi connectivity index (χ2n) is 3.59. The largest absolute Gasteiger partial charge is 0.317 e. The predicted octanol–water partition coefficient (Wildman–Crippen LogP) is 0.885. The van der Waals surface area contributed by atoms with Crippen molar-refractivity contribution in [1.82, 2.24) is 5.32 Å². The van der Waals surface area contributed by atoms with Gasteiger partial charge >= 0.3 is 0 Å². The fourth-order valence-electron chi connectivity index (χ4n) is 2.00. The van der Waals surface area contributed by atoms with Crippen LogP contribution in [-0.4, -0.2) is 18.9 Å². The first-order valence-electron chi connectivity index (χ1n) is 4.24. The van der Waals surface area contributed by atoms with E-state index in [0.717, 1.165) is 32.4 Å². The number of rotatable bonds is 0. The molecule has 0 bridgehead atoms. The molecule has 1 fully saturated rings. The van der Waals surface area contributed by atoms with Gasteiger partial charge in [-0.15, -0.1) is 0 Å². The molecule has 1 aliphatic heterocycles. The first-order valence-corrected chi connectivity index (χ1v) is 4.24. The van der Waals surface area contributed by atoms with Crippen LogP contribution in [0.15, 0.2) is 12.2 Å². The summed E-state index contributed by atoms with van der Waals surface area (Å²) >= 11 is 0. The maximum Gasteiger partial charge on any atom is 0.156 e. The lowest BCUT2D eigenvalue weighted by Gasteiger charge is -2.31. The molecule has 2 aliphatic rings. The topological polar surface area (TPSA) is 29.1 Å². The van der Waals surface area contributed by atoms with Crippen LogP contribution in [0.4, 0.5) is 0 Å². The fraction of sp³-hybridized carbons (Fsp3) is 0.667. The van der Waals surface area contributed by atoms with Gasteiger partial charge in [0.15, 0.2) is 5.78 Å². The summed E-state index contributed by atoms with van der Waals surface area (Å²) in [7, 11) is 0. The van der Waals surface area contributed by atoms with E-state index in [0.29, 0.717) is 5.78 Å². The van der Waals surface area contributed by atoms with Gasteiger partial charge in [0.1, 0.15) is 0 Å². The van der Waals surface area contributed by atoms with Crippen LogP contribution in [0, 0.1) is 5.41 Å². The van der Waals surface area contributed by atoms with Crippen LogP contribution in [0.1, 0.15) is 19.3 Å². The molecule has 0 aromatic carbocycles. The fourth-order valence-corrected chi connectivity index (χ4v) is 2.00. The monoisotopic (exact) mass is 151 g/mol. The molecule has 60 valence electrons. The Bertz CT molecular complexity index is 202. The zero-order valence-corrected chi connectivity index (χ0v) is 6.60. The molecule has 1 N–H and O–H groups in total. The minimum absolute atomic E-state index is 0.252. The number of carbonyl (C=O) groups excluding carboxylic acids is 1. The Kier molecular flexibility index (Phi) is 1.57. The molecule has 2 heteroatoms. The number of piperidine rings is 1. The molecule has 2 nitrogen and oxygen atoms in total. The van der Waals surface area contributed by atoms with Crippen molar-refractivity contribution < 1.29 is 4.79 Å². The number of hydrogen-bond acceptors (Lipinski definition) is 2. The first kappa shape index (κ1) is 7.04. The Hall–Kier alpha value is -0.630. The molecule has 1 heterocycles. The third-order valence-corrected chi connectivity index (χ3v) is 2.75. The van der Waals surface area contributed by atoms with E-state index < -0.39 is 0 Å². The molecule has 1 spiro atoms. The summed E-state index contributed by atoms with van der Waals surface area (Å²) < 4.78 is 0. The molecule has 1 aliphatic carbocycles. The van der Waals surface area contributed by atoms with Crippen LogP contribution in [0.5, 0.6) is 0 Å². The molecule has 0 atom stereocenters. The Morgan fingerprint density at radius 1 is 1.36 bits per heavy atom. The third kappa shape index (κ3) is 1.23. The quantitative estimate of drug-likeness (QED) is 0.557. The van der Waals surface area contributed by atoms with Gasteiger partial charge < -0.3 is 5.32 Å². The zero-order chi connectivity index (χ0) is 7.73. The van der Waals surface area contributed by atoms with Crippen molar-refractivity contribution in [2.75, 3.05) is 13.1 Å². The van der Waals surface area contributed by atoms with E-state index in [1.165, 1.54) is 0 Å². The minimum Gasteiger partial charge on any atom is -0.317 e. The standard InChI is InChI=1S/C9H13NO/c11-8-1-2-9(7-8)3-5-10-6-4-9/h1-2,10H,3-7H2. The van der Waals surface area contributed by atoms with Gasteiger partial charge in [0.25, 0.3) is 0 Å². The van der Waals surface area contributed by atoms with E-state index in [-0.39, 0.29) is 5.41 Å². The number of ketones is 1. The van der Waals surface area contributed by atoms with Gasteiger partial charge in [-0.05, 0) is 37.4 Å². The van der Waals surface area contributed by atoms with E-state index in [4.69, 9.17) is 0 Å². The smallest absolute Gasteiger partial charge is 0.156 e. The van der Waals surface area contributed by atoms with Crippen LogP contribution in [0.3, 0.4) is 0 Å². The molecule has 2 rings (SSSR count). The lowest BCUT2D eigenvalue weighted by molar-refractivity contribution is -0.115. The molecule has 1 saturated heterocycles. The maximum absolute atomic E-state index is 11.0. The van der Waals surface area contributed by atoms with Gasteiger partial charge in [-0.3, -0.25) is 4.79 Å². The average Bonchev–Trinajstić information content (AvgIpc) is 2.34. The third-order valence-electron chi connectivity index (χ3n) is 2.75. The molecular weight excluding hydrogens is 138 g/mol. The van der Waals surface area contributed by atoms with Gasteiger partial charge in [-0.1, -0.05) is 6.08 Å². The molecule has 0 saturated carbocycles. The van der Waals surface area contributed by atoms with Gasteiger partial charge in [0.2, 0.25) is 0 Å². The SMILES string of the molecule is O=C1C=CC2(CCNCC2)C1. The van der Waals surface area contributed by atoms with E-state index in [1.54, 1.807) is 6.08 Å². The molecule has 0 aromatic rings. The summed E-state index contributed by atoms with van der Waals surface area (Å²) in [6.45, 7) is 2.13. The summed E-state index contributed by atoms with van der Waals surface area (Å²) in [6.07, 6.45) is 6.90. The second kappa shape index (κ2) is 2.45. The Labute approximate surface area is 66.7 Å². The number of allylic oxidation sites excluding steroid dienone is 2. The molecule has 0 radical (unpaired) electrons. The molecule has 0 amide bonds. The highest BCUT2D eigenvalue weighted by molar-refractivity contribution is 5.93. The van der Waals surface area contributed by atoms with Crippen LogP contribution in [0.2, 0.25) is 0 Å². The van der Waals surface area contributed by atoms with E-state index in [1.807, 2.05) is 0 Å². The Morgan fingerprint density at radius 3 is 2.64 bits per heavy atom. The summed E-state index contributed by atoms with van der Waals surface area (Å²) in [4.78, 5) is 11.0.